The molecule has 0 saturated carbocycles. The minimum absolute atomic E-state index is 0.209. The average Bonchev–Trinajstić information content (AvgIpc) is 2.34. The van der Waals surface area contributed by atoms with Crippen molar-refractivity contribution < 1.29 is 14.6 Å². The fourth-order valence-electron chi connectivity index (χ4n) is 1.85. The third kappa shape index (κ3) is 4.27. The van der Waals surface area contributed by atoms with Crippen LogP contribution in [0.3, 0.4) is 0 Å². The summed E-state index contributed by atoms with van der Waals surface area (Å²) in [6, 6.07) is 4.82. The SMILES string of the molecule is C[C@H](O)c1ccc(N(C)CCCCCO)c(F)c1. The second-order valence-electron chi connectivity index (χ2n) is 4.59. The predicted octanol–water partition coefficient (Wildman–Crippen LogP) is 2.48. The van der Waals surface area contributed by atoms with Gasteiger partial charge in [0.2, 0.25) is 0 Å². The molecule has 0 aliphatic carbocycles. The molecule has 0 aromatic heterocycles. The number of benzene rings is 1. The van der Waals surface area contributed by atoms with Crippen LogP contribution in [-0.4, -0.2) is 30.4 Å². The van der Waals surface area contributed by atoms with E-state index in [-0.39, 0.29) is 12.4 Å². The van der Waals surface area contributed by atoms with Crippen molar-refractivity contribution in [2.45, 2.75) is 32.3 Å². The Morgan fingerprint density at radius 3 is 2.56 bits per heavy atom. The number of rotatable bonds is 7. The molecule has 102 valence electrons. The molecule has 0 spiro atoms. The fraction of sp³-hybridized carbons (Fsp3) is 0.571. The molecule has 1 aromatic rings. The first kappa shape index (κ1) is 14.9. The number of hydrogen-bond acceptors (Lipinski definition) is 3. The van der Waals surface area contributed by atoms with Crippen LogP contribution in [0.2, 0.25) is 0 Å². The highest BCUT2D eigenvalue weighted by Gasteiger charge is 2.10. The van der Waals surface area contributed by atoms with Crippen molar-refractivity contribution in [1.82, 2.24) is 0 Å². The zero-order chi connectivity index (χ0) is 13.5. The Hall–Kier alpha value is -1.13. The number of hydrogen-bond donors (Lipinski definition) is 2. The van der Waals surface area contributed by atoms with Crippen LogP contribution >= 0.6 is 0 Å². The number of unbranched alkanes of at least 4 members (excludes halogenated alkanes) is 2. The van der Waals surface area contributed by atoms with Crippen molar-refractivity contribution >= 4 is 5.69 Å². The molecule has 1 atom stereocenters. The van der Waals surface area contributed by atoms with E-state index in [2.05, 4.69) is 0 Å². The molecule has 0 unspecified atom stereocenters. The van der Waals surface area contributed by atoms with Gasteiger partial charge in [0.25, 0.3) is 0 Å². The number of anilines is 1. The monoisotopic (exact) mass is 255 g/mol. The minimum atomic E-state index is -0.650. The molecule has 2 N–H and O–H groups in total. The van der Waals surface area contributed by atoms with Crippen LogP contribution in [-0.2, 0) is 0 Å². The van der Waals surface area contributed by atoms with Gasteiger partial charge in [-0.25, -0.2) is 4.39 Å². The summed E-state index contributed by atoms with van der Waals surface area (Å²) in [7, 11) is 1.85. The van der Waals surface area contributed by atoms with Crippen LogP contribution in [0, 0.1) is 5.82 Å². The maximum absolute atomic E-state index is 13.8. The van der Waals surface area contributed by atoms with E-state index in [0.29, 0.717) is 11.3 Å². The third-order valence-electron chi connectivity index (χ3n) is 3.02. The largest absolute Gasteiger partial charge is 0.396 e. The second kappa shape index (κ2) is 7.34. The van der Waals surface area contributed by atoms with Crippen molar-refractivity contribution in [3.8, 4) is 0 Å². The number of nitrogens with zero attached hydrogens (tertiary/aromatic N) is 1. The van der Waals surface area contributed by atoms with E-state index < -0.39 is 6.10 Å². The Morgan fingerprint density at radius 1 is 1.28 bits per heavy atom. The van der Waals surface area contributed by atoms with E-state index in [1.807, 2.05) is 11.9 Å². The number of aliphatic hydroxyl groups is 2. The molecule has 0 radical (unpaired) electrons. The van der Waals surface area contributed by atoms with Crippen LogP contribution in [0.15, 0.2) is 18.2 Å². The maximum atomic E-state index is 13.8. The lowest BCUT2D eigenvalue weighted by Gasteiger charge is -2.20. The molecule has 18 heavy (non-hydrogen) atoms. The molecule has 3 nitrogen and oxygen atoms in total. The van der Waals surface area contributed by atoms with Crippen molar-refractivity contribution in [1.29, 1.82) is 0 Å². The Morgan fingerprint density at radius 2 is 2.00 bits per heavy atom. The molecule has 0 aliphatic rings. The van der Waals surface area contributed by atoms with Crippen LogP contribution in [0.25, 0.3) is 0 Å². The molecular weight excluding hydrogens is 233 g/mol. The molecule has 0 heterocycles. The lowest BCUT2D eigenvalue weighted by atomic mass is 10.1. The highest BCUT2D eigenvalue weighted by Crippen LogP contribution is 2.22. The topological polar surface area (TPSA) is 43.7 Å². The van der Waals surface area contributed by atoms with Gasteiger partial charge in [-0.15, -0.1) is 0 Å². The van der Waals surface area contributed by atoms with Crippen molar-refractivity contribution in [2.24, 2.45) is 0 Å². The Kier molecular flexibility index (Phi) is 6.09. The van der Waals surface area contributed by atoms with Gasteiger partial charge in [0.05, 0.1) is 11.8 Å². The minimum Gasteiger partial charge on any atom is -0.396 e. The first-order chi connectivity index (χ1) is 8.56. The summed E-state index contributed by atoms with van der Waals surface area (Å²) in [6.45, 7) is 2.58. The standard InChI is InChI=1S/C14H22FNO2/c1-11(18)12-6-7-14(13(15)10-12)16(2)8-4-3-5-9-17/h6-7,10-11,17-18H,3-5,8-9H2,1-2H3/t11-/m0/s1. The molecule has 0 amide bonds. The number of halogens is 1. The van der Waals surface area contributed by atoms with Gasteiger partial charge in [0.1, 0.15) is 5.82 Å². The summed E-state index contributed by atoms with van der Waals surface area (Å²) in [5, 5.41) is 18.1. The van der Waals surface area contributed by atoms with Gasteiger partial charge in [-0.3, -0.25) is 0 Å². The van der Waals surface area contributed by atoms with E-state index >= 15 is 0 Å². The lowest BCUT2D eigenvalue weighted by Crippen LogP contribution is -2.20. The summed E-state index contributed by atoms with van der Waals surface area (Å²) in [5.74, 6) is -0.307. The average molecular weight is 255 g/mol. The zero-order valence-corrected chi connectivity index (χ0v) is 11.1. The van der Waals surface area contributed by atoms with Gasteiger partial charge >= 0.3 is 0 Å². The normalized spacial score (nSPS) is 12.5. The van der Waals surface area contributed by atoms with Crippen LogP contribution in [0.4, 0.5) is 10.1 Å². The van der Waals surface area contributed by atoms with Crippen LogP contribution < -0.4 is 4.90 Å². The molecule has 0 bridgehead atoms. The van der Waals surface area contributed by atoms with Crippen molar-refractivity contribution in [2.75, 3.05) is 25.1 Å². The summed E-state index contributed by atoms with van der Waals surface area (Å²) in [5.41, 5.74) is 1.13. The van der Waals surface area contributed by atoms with Gasteiger partial charge in [0, 0.05) is 20.2 Å². The predicted molar refractivity (Wildman–Crippen MR) is 71.2 cm³/mol. The van der Waals surface area contributed by atoms with Gasteiger partial charge < -0.3 is 15.1 Å². The molecule has 0 fully saturated rings. The quantitative estimate of drug-likeness (QED) is 0.736. The summed E-state index contributed by atoms with van der Waals surface area (Å²) in [6.07, 6.45) is 2.00. The summed E-state index contributed by atoms with van der Waals surface area (Å²) in [4.78, 5) is 1.86. The molecule has 4 heteroatoms. The second-order valence-corrected chi connectivity index (χ2v) is 4.59. The molecular formula is C14H22FNO2. The van der Waals surface area contributed by atoms with Crippen molar-refractivity contribution in [3.63, 3.8) is 0 Å². The van der Waals surface area contributed by atoms with Gasteiger partial charge in [0.15, 0.2) is 0 Å². The Balaban J connectivity index is 2.60. The molecule has 0 aliphatic heterocycles. The molecule has 1 aromatic carbocycles. The van der Waals surface area contributed by atoms with E-state index in [0.717, 1.165) is 25.8 Å². The zero-order valence-electron chi connectivity index (χ0n) is 11.1. The smallest absolute Gasteiger partial charge is 0.146 e. The number of aliphatic hydroxyl groups excluding tert-OH is 2. The van der Waals surface area contributed by atoms with E-state index in [1.165, 1.54) is 6.07 Å². The van der Waals surface area contributed by atoms with Gasteiger partial charge in [-0.2, -0.15) is 0 Å². The highest BCUT2D eigenvalue weighted by atomic mass is 19.1. The Labute approximate surface area is 108 Å². The molecule has 0 saturated heterocycles. The molecule has 1 rings (SSSR count). The van der Waals surface area contributed by atoms with E-state index in [9.17, 15) is 9.50 Å². The summed E-state index contributed by atoms with van der Waals surface area (Å²) < 4.78 is 13.8. The Bertz CT molecular complexity index is 369. The summed E-state index contributed by atoms with van der Waals surface area (Å²) >= 11 is 0. The van der Waals surface area contributed by atoms with E-state index in [1.54, 1.807) is 19.1 Å². The third-order valence-corrected chi connectivity index (χ3v) is 3.02. The first-order valence-corrected chi connectivity index (χ1v) is 6.35. The lowest BCUT2D eigenvalue weighted by molar-refractivity contribution is 0.199. The maximum Gasteiger partial charge on any atom is 0.146 e. The highest BCUT2D eigenvalue weighted by molar-refractivity contribution is 5.48. The fourth-order valence-corrected chi connectivity index (χ4v) is 1.85. The van der Waals surface area contributed by atoms with Gasteiger partial charge in [-0.1, -0.05) is 6.07 Å². The van der Waals surface area contributed by atoms with Crippen molar-refractivity contribution in [3.05, 3.63) is 29.6 Å². The van der Waals surface area contributed by atoms with Gasteiger partial charge in [-0.05, 0) is 43.9 Å². The van der Waals surface area contributed by atoms with Crippen LogP contribution in [0.5, 0.6) is 0 Å². The van der Waals surface area contributed by atoms with Crippen LogP contribution in [0.1, 0.15) is 37.9 Å². The first-order valence-electron chi connectivity index (χ1n) is 6.35. The van der Waals surface area contributed by atoms with E-state index in [4.69, 9.17) is 5.11 Å².